The molecular formula is C18H21N3O5S. The SMILES string of the molecule is CS(=O)(=O)c1ccc(-c2cnc(OCC3CCN(C(=O)O)CC3)cn2)cc1. The minimum Gasteiger partial charge on any atom is -0.476 e. The predicted molar refractivity (Wildman–Crippen MR) is 98.4 cm³/mol. The Hall–Kier alpha value is -2.68. The van der Waals surface area contributed by atoms with E-state index in [0.717, 1.165) is 18.4 Å². The summed E-state index contributed by atoms with van der Waals surface area (Å²) in [4.78, 5) is 21.1. The molecule has 144 valence electrons. The monoisotopic (exact) mass is 391 g/mol. The maximum Gasteiger partial charge on any atom is 0.407 e. The van der Waals surface area contributed by atoms with E-state index in [4.69, 9.17) is 9.84 Å². The van der Waals surface area contributed by atoms with Gasteiger partial charge in [-0.15, -0.1) is 0 Å². The highest BCUT2D eigenvalue weighted by Crippen LogP contribution is 2.21. The number of sulfone groups is 1. The number of hydrogen-bond donors (Lipinski definition) is 1. The highest BCUT2D eigenvalue weighted by molar-refractivity contribution is 7.90. The van der Waals surface area contributed by atoms with Gasteiger partial charge in [-0.05, 0) is 30.9 Å². The van der Waals surface area contributed by atoms with Gasteiger partial charge in [0.2, 0.25) is 5.88 Å². The second-order valence-corrected chi connectivity index (χ2v) is 8.58. The number of rotatable bonds is 5. The van der Waals surface area contributed by atoms with Crippen molar-refractivity contribution < 1.29 is 23.1 Å². The molecule has 1 N–H and O–H groups in total. The number of aromatic nitrogens is 2. The Kier molecular flexibility index (Phi) is 5.59. The fourth-order valence-electron chi connectivity index (χ4n) is 2.91. The molecule has 1 saturated heterocycles. The Morgan fingerprint density at radius 3 is 2.37 bits per heavy atom. The first kappa shape index (κ1) is 19.1. The van der Waals surface area contributed by atoms with E-state index in [9.17, 15) is 13.2 Å². The van der Waals surface area contributed by atoms with Crippen LogP contribution in [0.5, 0.6) is 5.88 Å². The molecule has 2 heterocycles. The first-order valence-corrected chi connectivity index (χ1v) is 10.5. The second-order valence-electron chi connectivity index (χ2n) is 6.56. The van der Waals surface area contributed by atoms with E-state index in [1.807, 2.05) is 0 Å². The van der Waals surface area contributed by atoms with Gasteiger partial charge in [0.1, 0.15) is 0 Å². The third kappa shape index (κ3) is 4.94. The summed E-state index contributed by atoms with van der Waals surface area (Å²) in [5.41, 5.74) is 1.39. The smallest absolute Gasteiger partial charge is 0.407 e. The molecule has 0 bridgehead atoms. The van der Waals surface area contributed by atoms with E-state index in [-0.39, 0.29) is 4.90 Å². The molecular weight excluding hydrogens is 370 g/mol. The lowest BCUT2D eigenvalue weighted by Gasteiger charge is -2.29. The molecule has 3 rings (SSSR count). The van der Waals surface area contributed by atoms with Gasteiger partial charge in [0.05, 0.1) is 29.6 Å². The first-order chi connectivity index (χ1) is 12.8. The molecule has 0 radical (unpaired) electrons. The Morgan fingerprint density at radius 2 is 1.85 bits per heavy atom. The summed E-state index contributed by atoms with van der Waals surface area (Å²) >= 11 is 0. The minimum absolute atomic E-state index is 0.258. The van der Waals surface area contributed by atoms with Crippen LogP contribution in [-0.2, 0) is 9.84 Å². The number of carbonyl (C=O) groups is 1. The van der Waals surface area contributed by atoms with Crippen molar-refractivity contribution in [2.24, 2.45) is 5.92 Å². The molecule has 1 aliphatic heterocycles. The summed E-state index contributed by atoms with van der Waals surface area (Å²) in [6.07, 6.45) is 4.94. The number of nitrogens with zero attached hydrogens (tertiary/aromatic N) is 3. The molecule has 2 aromatic rings. The number of amides is 1. The summed E-state index contributed by atoms with van der Waals surface area (Å²) in [5, 5.41) is 8.95. The van der Waals surface area contributed by atoms with E-state index >= 15 is 0 Å². The van der Waals surface area contributed by atoms with Crippen LogP contribution in [0, 0.1) is 5.92 Å². The summed E-state index contributed by atoms with van der Waals surface area (Å²) in [5.74, 6) is 0.706. The molecule has 0 aliphatic carbocycles. The van der Waals surface area contributed by atoms with Crippen LogP contribution in [0.25, 0.3) is 11.3 Å². The fraction of sp³-hybridized carbons (Fsp3) is 0.389. The third-order valence-electron chi connectivity index (χ3n) is 4.56. The first-order valence-electron chi connectivity index (χ1n) is 8.56. The van der Waals surface area contributed by atoms with Gasteiger partial charge >= 0.3 is 6.09 Å². The lowest BCUT2D eigenvalue weighted by molar-refractivity contribution is 0.111. The third-order valence-corrected chi connectivity index (χ3v) is 5.69. The Balaban J connectivity index is 1.55. The van der Waals surface area contributed by atoms with Crippen LogP contribution in [0.1, 0.15) is 12.8 Å². The quantitative estimate of drug-likeness (QED) is 0.833. The van der Waals surface area contributed by atoms with Gasteiger partial charge < -0.3 is 14.7 Å². The lowest BCUT2D eigenvalue weighted by Crippen LogP contribution is -2.38. The highest BCUT2D eigenvalue weighted by Gasteiger charge is 2.22. The van der Waals surface area contributed by atoms with Crippen LogP contribution in [0.15, 0.2) is 41.6 Å². The second kappa shape index (κ2) is 7.91. The molecule has 0 atom stereocenters. The molecule has 1 aromatic heterocycles. The highest BCUT2D eigenvalue weighted by atomic mass is 32.2. The van der Waals surface area contributed by atoms with Crippen molar-refractivity contribution in [3.63, 3.8) is 0 Å². The van der Waals surface area contributed by atoms with Crippen LogP contribution in [0.4, 0.5) is 4.79 Å². The molecule has 0 unspecified atom stereocenters. The summed E-state index contributed by atoms with van der Waals surface area (Å²) in [6.45, 7) is 1.53. The van der Waals surface area contributed by atoms with Crippen LogP contribution < -0.4 is 4.74 Å². The van der Waals surface area contributed by atoms with Crippen molar-refractivity contribution in [1.82, 2.24) is 14.9 Å². The normalized spacial score (nSPS) is 15.5. The van der Waals surface area contributed by atoms with Crippen molar-refractivity contribution in [3.05, 3.63) is 36.7 Å². The van der Waals surface area contributed by atoms with E-state index in [1.54, 1.807) is 30.5 Å². The number of benzene rings is 1. The standard InChI is InChI=1S/C18H21N3O5S/c1-27(24,25)15-4-2-14(3-5-15)16-10-20-17(11-19-16)26-12-13-6-8-21(9-7-13)18(22)23/h2-5,10-11,13H,6-9,12H2,1H3,(H,22,23). The van der Waals surface area contributed by atoms with Crippen LogP contribution in [0.2, 0.25) is 0 Å². The number of hydrogen-bond acceptors (Lipinski definition) is 6. The van der Waals surface area contributed by atoms with E-state index in [0.29, 0.717) is 37.2 Å². The molecule has 0 saturated carbocycles. The van der Waals surface area contributed by atoms with Crippen LogP contribution in [-0.4, -0.2) is 60.4 Å². The van der Waals surface area contributed by atoms with Gasteiger partial charge in [-0.2, -0.15) is 0 Å². The fourth-order valence-corrected chi connectivity index (χ4v) is 3.54. The molecule has 1 aliphatic rings. The average Bonchev–Trinajstić information content (AvgIpc) is 2.66. The zero-order valence-electron chi connectivity index (χ0n) is 14.9. The van der Waals surface area contributed by atoms with Gasteiger partial charge in [-0.3, -0.25) is 0 Å². The number of carboxylic acid groups (broad SMARTS) is 1. The number of piperidine rings is 1. The predicted octanol–water partition coefficient (Wildman–Crippen LogP) is 2.32. The molecule has 1 amide bonds. The van der Waals surface area contributed by atoms with Crippen molar-refractivity contribution in [1.29, 1.82) is 0 Å². The molecule has 8 nitrogen and oxygen atoms in total. The van der Waals surface area contributed by atoms with E-state index < -0.39 is 15.9 Å². The van der Waals surface area contributed by atoms with E-state index in [1.165, 1.54) is 17.4 Å². The maximum absolute atomic E-state index is 11.5. The summed E-state index contributed by atoms with van der Waals surface area (Å²) < 4.78 is 28.7. The topological polar surface area (TPSA) is 110 Å². The Labute approximate surface area is 157 Å². The average molecular weight is 391 g/mol. The molecule has 27 heavy (non-hydrogen) atoms. The molecule has 9 heteroatoms. The number of likely N-dealkylation sites (tertiary alicyclic amines) is 1. The zero-order valence-corrected chi connectivity index (χ0v) is 15.7. The molecule has 1 aromatic carbocycles. The Bertz CT molecular complexity index is 890. The van der Waals surface area contributed by atoms with Crippen molar-refractivity contribution in [2.75, 3.05) is 26.0 Å². The summed E-state index contributed by atoms with van der Waals surface area (Å²) in [6, 6.07) is 6.47. The maximum atomic E-state index is 11.5. The van der Waals surface area contributed by atoms with Crippen LogP contribution >= 0.6 is 0 Å². The van der Waals surface area contributed by atoms with Gasteiger partial charge in [-0.25, -0.2) is 23.2 Å². The largest absolute Gasteiger partial charge is 0.476 e. The lowest BCUT2D eigenvalue weighted by atomic mass is 9.98. The van der Waals surface area contributed by atoms with Crippen LogP contribution in [0.3, 0.4) is 0 Å². The van der Waals surface area contributed by atoms with Crippen molar-refractivity contribution in [2.45, 2.75) is 17.7 Å². The minimum atomic E-state index is -3.23. The molecule has 1 fully saturated rings. The van der Waals surface area contributed by atoms with Crippen molar-refractivity contribution >= 4 is 15.9 Å². The van der Waals surface area contributed by atoms with Gasteiger partial charge in [0, 0.05) is 24.9 Å². The van der Waals surface area contributed by atoms with Crippen molar-refractivity contribution in [3.8, 4) is 17.1 Å². The van der Waals surface area contributed by atoms with E-state index in [2.05, 4.69) is 9.97 Å². The van der Waals surface area contributed by atoms with Gasteiger partial charge in [-0.1, -0.05) is 12.1 Å². The molecule has 0 spiro atoms. The number of ether oxygens (including phenoxy) is 1. The Morgan fingerprint density at radius 1 is 1.19 bits per heavy atom. The van der Waals surface area contributed by atoms with Gasteiger partial charge in [0.15, 0.2) is 9.84 Å². The van der Waals surface area contributed by atoms with Gasteiger partial charge in [0.25, 0.3) is 0 Å². The zero-order chi connectivity index (χ0) is 19.4. The summed E-state index contributed by atoms with van der Waals surface area (Å²) in [7, 11) is -3.23.